The van der Waals surface area contributed by atoms with Gasteiger partial charge in [-0.2, -0.15) is 4.68 Å². The third-order valence-electron chi connectivity index (χ3n) is 3.50. The van der Waals surface area contributed by atoms with Crippen LogP contribution in [0.4, 0.5) is 0 Å². The monoisotopic (exact) mass is 333 g/mol. The number of thioether (sulfide) groups is 1. The first-order chi connectivity index (χ1) is 11.0. The Hall–Kier alpha value is -1.89. The van der Waals surface area contributed by atoms with Gasteiger partial charge in [-0.3, -0.25) is 4.79 Å². The van der Waals surface area contributed by atoms with E-state index in [-0.39, 0.29) is 11.9 Å². The number of amides is 1. The lowest BCUT2D eigenvalue weighted by Crippen LogP contribution is -2.33. The van der Waals surface area contributed by atoms with Gasteiger partial charge in [-0.25, -0.2) is 0 Å². The van der Waals surface area contributed by atoms with E-state index in [1.54, 1.807) is 4.68 Å². The number of benzene rings is 1. The smallest absolute Gasteiger partial charge is 0.230 e. The number of hydrogen-bond donors (Lipinski definition) is 1. The maximum atomic E-state index is 12.0. The lowest BCUT2D eigenvalue weighted by molar-refractivity contribution is -0.119. The molecule has 1 heterocycles. The number of tetrazole rings is 1. The number of aromatic nitrogens is 4. The molecular formula is C16H23N5OS. The average Bonchev–Trinajstić information content (AvgIpc) is 2.96. The van der Waals surface area contributed by atoms with Gasteiger partial charge in [-0.05, 0) is 54.8 Å². The normalized spacial score (nSPS) is 12.2. The summed E-state index contributed by atoms with van der Waals surface area (Å²) in [4.78, 5) is 12.0. The van der Waals surface area contributed by atoms with Crippen LogP contribution in [0.15, 0.2) is 23.4 Å². The highest BCUT2D eigenvalue weighted by Gasteiger charge is 2.14. The Morgan fingerprint density at radius 1 is 1.39 bits per heavy atom. The van der Waals surface area contributed by atoms with Crippen molar-refractivity contribution in [2.75, 3.05) is 5.75 Å². The largest absolute Gasteiger partial charge is 0.353 e. The van der Waals surface area contributed by atoms with Gasteiger partial charge in [0.1, 0.15) is 0 Å². The molecule has 0 bridgehead atoms. The van der Waals surface area contributed by atoms with Crippen LogP contribution in [-0.4, -0.2) is 37.9 Å². The Labute approximate surface area is 141 Å². The van der Waals surface area contributed by atoms with E-state index in [0.717, 1.165) is 29.7 Å². The molecule has 2 rings (SSSR count). The Kier molecular flexibility index (Phi) is 6.15. The molecule has 124 valence electrons. The molecule has 0 unspecified atom stereocenters. The molecule has 1 aromatic heterocycles. The maximum absolute atomic E-state index is 12.0. The summed E-state index contributed by atoms with van der Waals surface area (Å²) in [5.74, 6) is 0.311. The molecule has 1 amide bonds. The second kappa shape index (κ2) is 8.10. The van der Waals surface area contributed by atoms with E-state index in [1.807, 2.05) is 32.9 Å². The quantitative estimate of drug-likeness (QED) is 0.789. The van der Waals surface area contributed by atoms with Crippen molar-refractivity contribution >= 4 is 17.7 Å². The molecule has 1 N–H and O–H groups in total. The zero-order valence-electron chi connectivity index (χ0n) is 14.0. The summed E-state index contributed by atoms with van der Waals surface area (Å²) in [6.07, 6.45) is 2.04. The highest BCUT2D eigenvalue weighted by Crippen LogP contribution is 2.21. The van der Waals surface area contributed by atoms with Crippen molar-refractivity contribution in [1.82, 2.24) is 25.5 Å². The Balaban J connectivity index is 2.04. The molecule has 7 heteroatoms. The Morgan fingerprint density at radius 3 is 2.91 bits per heavy atom. The molecule has 2 aromatic rings. The van der Waals surface area contributed by atoms with E-state index < -0.39 is 0 Å². The zero-order chi connectivity index (χ0) is 16.8. The standard InChI is InChI=1S/C16H23N5OS/c1-5-6-13(4)17-15(22)10-23-16-18-19-20-21(16)14-9-11(2)7-8-12(14)3/h7-9,13H,5-6,10H2,1-4H3,(H,17,22)/t13-/m0/s1. The van der Waals surface area contributed by atoms with Crippen molar-refractivity contribution < 1.29 is 4.79 Å². The Bertz CT molecular complexity index is 670. The molecule has 6 nitrogen and oxygen atoms in total. The summed E-state index contributed by atoms with van der Waals surface area (Å²) in [6, 6.07) is 6.33. The van der Waals surface area contributed by atoms with Crippen LogP contribution in [0, 0.1) is 13.8 Å². The fourth-order valence-corrected chi connectivity index (χ4v) is 3.01. The first-order valence-electron chi connectivity index (χ1n) is 7.79. The average molecular weight is 333 g/mol. The fraction of sp³-hybridized carbons (Fsp3) is 0.500. The zero-order valence-corrected chi connectivity index (χ0v) is 14.9. The lowest BCUT2D eigenvalue weighted by Gasteiger charge is -2.12. The molecule has 23 heavy (non-hydrogen) atoms. The molecule has 0 spiro atoms. The van der Waals surface area contributed by atoms with Crippen LogP contribution in [0.25, 0.3) is 5.69 Å². The molecule has 0 aliphatic rings. The minimum Gasteiger partial charge on any atom is -0.353 e. The molecule has 0 aliphatic heterocycles. The SMILES string of the molecule is CCC[C@H](C)NC(=O)CSc1nnnn1-c1cc(C)ccc1C. The van der Waals surface area contributed by atoms with Crippen LogP contribution >= 0.6 is 11.8 Å². The first-order valence-corrected chi connectivity index (χ1v) is 8.78. The fourth-order valence-electron chi connectivity index (χ4n) is 2.32. The number of carbonyl (C=O) groups is 1. The van der Waals surface area contributed by atoms with Crippen LogP contribution in [0.3, 0.4) is 0 Å². The third kappa shape index (κ3) is 4.79. The second-order valence-electron chi connectivity index (χ2n) is 5.71. The number of carbonyl (C=O) groups excluding carboxylic acids is 1. The van der Waals surface area contributed by atoms with Gasteiger partial charge in [0.05, 0.1) is 11.4 Å². The molecule has 0 aliphatic carbocycles. The first kappa shape index (κ1) is 17.5. The van der Waals surface area contributed by atoms with E-state index in [0.29, 0.717) is 10.9 Å². The van der Waals surface area contributed by atoms with Gasteiger partial charge in [0.25, 0.3) is 0 Å². The van der Waals surface area contributed by atoms with Gasteiger partial charge in [-0.1, -0.05) is 37.2 Å². The molecule has 1 aromatic carbocycles. The van der Waals surface area contributed by atoms with Gasteiger partial charge in [0.15, 0.2) is 0 Å². The van der Waals surface area contributed by atoms with Crippen molar-refractivity contribution in [2.45, 2.75) is 51.7 Å². The summed E-state index contributed by atoms with van der Waals surface area (Å²) in [5, 5.41) is 15.5. The van der Waals surface area contributed by atoms with Gasteiger partial charge < -0.3 is 5.32 Å². The number of nitrogens with one attached hydrogen (secondary N) is 1. The number of hydrogen-bond acceptors (Lipinski definition) is 5. The topological polar surface area (TPSA) is 72.7 Å². The van der Waals surface area contributed by atoms with Crippen molar-refractivity contribution in [2.24, 2.45) is 0 Å². The number of nitrogens with zero attached hydrogens (tertiary/aromatic N) is 4. The summed E-state index contributed by atoms with van der Waals surface area (Å²) >= 11 is 1.35. The molecule has 0 fully saturated rings. The molecular weight excluding hydrogens is 310 g/mol. The molecule has 1 atom stereocenters. The van der Waals surface area contributed by atoms with Crippen LogP contribution in [0.1, 0.15) is 37.8 Å². The lowest BCUT2D eigenvalue weighted by atomic mass is 10.1. The summed E-state index contributed by atoms with van der Waals surface area (Å²) in [7, 11) is 0. The predicted octanol–water partition coefficient (Wildman–Crippen LogP) is 2.68. The van der Waals surface area contributed by atoms with E-state index in [4.69, 9.17) is 0 Å². The van der Waals surface area contributed by atoms with Gasteiger partial charge in [0, 0.05) is 6.04 Å². The molecule has 0 saturated heterocycles. The third-order valence-corrected chi connectivity index (χ3v) is 4.41. The van der Waals surface area contributed by atoms with Crippen molar-refractivity contribution in [3.05, 3.63) is 29.3 Å². The molecule has 0 radical (unpaired) electrons. The van der Waals surface area contributed by atoms with Crippen LogP contribution in [0.2, 0.25) is 0 Å². The van der Waals surface area contributed by atoms with Gasteiger partial charge in [0.2, 0.25) is 11.1 Å². The highest BCUT2D eigenvalue weighted by molar-refractivity contribution is 7.99. The summed E-state index contributed by atoms with van der Waals surface area (Å²) in [5.41, 5.74) is 3.17. The van der Waals surface area contributed by atoms with Crippen LogP contribution in [-0.2, 0) is 4.79 Å². The van der Waals surface area contributed by atoms with E-state index in [1.165, 1.54) is 11.8 Å². The van der Waals surface area contributed by atoms with Gasteiger partial charge in [-0.15, -0.1) is 5.10 Å². The number of rotatable bonds is 7. The Morgan fingerprint density at radius 2 is 2.17 bits per heavy atom. The van der Waals surface area contributed by atoms with Crippen molar-refractivity contribution in [3.63, 3.8) is 0 Å². The minimum atomic E-state index is 0.00599. The second-order valence-corrected chi connectivity index (χ2v) is 6.65. The number of aryl methyl sites for hydroxylation is 2. The van der Waals surface area contributed by atoms with E-state index in [9.17, 15) is 4.79 Å². The van der Waals surface area contributed by atoms with Crippen molar-refractivity contribution in [1.29, 1.82) is 0 Å². The van der Waals surface area contributed by atoms with Gasteiger partial charge >= 0.3 is 0 Å². The maximum Gasteiger partial charge on any atom is 0.230 e. The van der Waals surface area contributed by atoms with Crippen LogP contribution in [0.5, 0.6) is 0 Å². The predicted molar refractivity (Wildman–Crippen MR) is 91.9 cm³/mol. The minimum absolute atomic E-state index is 0.00599. The van der Waals surface area contributed by atoms with E-state index >= 15 is 0 Å². The van der Waals surface area contributed by atoms with Crippen LogP contribution < -0.4 is 5.32 Å². The summed E-state index contributed by atoms with van der Waals surface area (Å²) in [6.45, 7) is 8.18. The summed E-state index contributed by atoms with van der Waals surface area (Å²) < 4.78 is 1.69. The highest BCUT2D eigenvalue weighted by atomic mass is 32.2. The van der Waals surface area contributed by atoms with E-state index in [2.05, 4.69) is 33.8 Å². The molecule has 0 saturated carbocycles. The van der Waals surface area contributed by atoms with Crippen molar-refractivity contribution in [3.8, 4) is 5.69 Å².